The van der Waals surface area contributed by atoms with Gasteiger partial charge in [0.1, 0.15) is 5.54 Å². The van der Waals surface area contributed by atoms with Gasteiger partial charge >= 0.3 is 12.1 Å². The zero-order valence-electron chi connectivity index (χ0n) is 25.2. The van der Waals surface area contributed by atoms with Crippen molar-refractivity contribution in [3.63, 3.8) is 0 Å². The van der Waals surface area contributed by atoms with Crippen LogP contribution in [0.2, 0.25) is 0 Å². The summed E-state index contributed by atoms with van der Waals surface area (Å²) in [7, 11) is 1.96. The fourth-order valence-corrected chi connectivity index (χ4v) is 6.71. The second kappa shape index (κ2) is 12.1. The number of aliphatic carboxylic acids is 1. The fraction of sp³-hybridized carbons (Fsp3) is 0.314. The van der Waals surface area contributed by atoms with E-state index in [1.807, 2.05) is 37.4 Å². The lowest BCUT2D eigenvalue weighted by atomic mass is 9.75. The summed E-state index contributed by atoms with van der Waals surface area (Å²) in [6.07, 6.45) is 4.27. The molecule has 238 valence electrons. The number of aryl methyl sites for hydroxylation is 1. The normalized spacial score (nSPS) is 16.4. The molecule has 2 heterocycles. The number of pyridine rings is 1. The quantitative estimate of drug-likeness (QED) is 0.177. The molecule has 0 bridgehead atoms. The van der Waals surface area contributed by atoms with Crippen LogP contribution in [-0.4, -0.2) is 38.0 Å². The zero-order valence-corrected chi connectivity index (χ0v) is 25.2. The second-order valence-corrected chi connectivity index (χ2v) is 12.1. The number of aromatic nitrogens is 2. The van der Waals surface area contributed by atoms with Crippen molar-refractivity contribution in [3.8, 4) is 11.4 Å². The SMILES string of the molecule is Cn1c(-c2ccccn2)c(C2CCCC2)c2ccc(C(=O)NC3(C(=O)Nc4ccc(/C=C/C(=O)O)c(C(F)(F)F)c4)CCC3)cc21. The van der Waals surface area contributed by atoms with Crippen molar-refractivity contribution in [2.75, 3.05) is 5.32 Å². The Morgan fingerprint density at radius 3 is 2.41 bits per heavy atom. The Morgan fingerprint density at radius 2 is 1.78 bits per heavy atom. The van der Waals surface area contributed by atoms with E-state index in [1.165, 1.54) is 11.6 Å². The topological polar surface area (TPSA) is 113 Å². The first-order valence-corrected chi connectivity index (χ1v) is 15.3. The monoisotopic (exact) mass is 630 g/mol. The van der Waals surface area contributed by atoms with Crippen LogP contribution >= 0.6 is 0 Å². The minimum Gasteiger partial charge on any atom is -0.478 e. The van der Waals surface area contributed by atoms with Crippen molar-refractivity contribution in [2.45, 2.75) is 62.6 Å². The van der Waals surface area contributed by atoms with Crippen molar-refractivity contribution in [1.82, 2.24) is 14.9 Å². The maximum atomic E-state index is 13.8. The third-order valence-electron chi connectivity index (χ3n) is 9.19. The van der Waals surface area contributed by atoms with Crippen LogP contribution in [-0.2, 0) is 22.8 Å². The van der Waals surface area contributed by atoms with Gasteiger partial charge in [0.25, 0.3) is 5.91 Å². The number of anilines is 1. The smallest absolute Gasteiger partial charge is 0.417 e. The molecule has 2 aliphatic rings. The molecule has 6 rings (SSSR count). The number of carbonyl (C=O) groups excluding carboxylic acids is 2. The van der Waals surface area contributed by atoms with Gasteiger partial charge < -0.3 is 20.3 Å². The van der Waals surface area contributed by atoms with E-state index in [0.29, 0.717) is 36.8 Å². The number of benzene rings is 2. The van der Waals surface area contributed by atoms with Crippen LogP contribution in [0.4, 0.5) is 18.9 Å². The van der Waals surface area contributed by atoms with Gasteiger partial charge in [-0.05, 0) is 91.6 Å². The maximum absolute atomic E-state index is 13.8. The lowest BCUT2D eigenvalue weighted by Gasteiger charge is -2.40. The second-order valence-electron chi connectivity index (χ2n) is 12.1. The Hall–Kier alpha value is -4.93. The van der Waals surface area contributed by atoms with Crippen LogP contribution in [0.15, 0.2) is 66.9 Å². The van der Waals surface area contributed by atoms with Crippen LogP contribution in [0.5, 0.6) is 0 Å². The highest BCUT2D eigenvalue weighted by Gasteiger charge is 2.46. The van der Waals surface area contributed by atoms with Gasteiger partial charge in [0.05, 0.1) is 17.0 Å². The molecule has 4 aromatic rings. The van der Waals surface area contributed by atoms with Crippen molar-refractivity contribution >= 4 is 40.4 Å². The molecule has 0 spiro atoms. The first-order chi connectivity index (χ1) is 22.0. The van der Waals surface area contributed by atoms with Gasteiger partial charge in [0, 0.05) is 41.5 Å². The Labute approximate surface area is 263 Å². The minimum absolute atomic E-state index is 0.114. The zero-order chi connectivity index (χ0) is 32.6. The standard InChI is InChI=1S/C35H33F3N4O4/c1-42-28-19-23(11-14-25(28)30(22-7-2-3-8-22)31(42)27-9-4-5-18-39-27)32(45)41-34(16-6-17-34)33(46)40-24-13-10-21(12-15-29(43)44)26(20-24)35(36,37)38/h4-5,9-15,18-20,22H,2-3,6-8,16-17H2,1H3,(H,40,46)(H,41,45)(H,43,44)/b15-12+. The van der Waals surface area contributed by atoms with E-state index in [9.17, 15) is 27.6 Å². The molecule has 8 nitrogen and oxygen atoms in total. The number of halogens is 3. The molecule has 2 aliphatic carbocycles. The molecule has 0 saturated heterocycles. The Morgan fingerprint density at radius 1 is 1.02 bits per heavy atom. The highest BCUT2D eigenvalue weighted by Crippen LogP contribution is 2.44. The van der Waals surface area contributed by atoms with Crippen LogP contribution in [0.1, 0.15) is 77.9 Å². The summed E-state index contributed by atoms with van der Waals surface area (Å²) >= 11 is 0. The number of fused-ring (bicyclic) bond motifs is 1. The van der Waals surface area contributed by atoms with Crippen molar-refractivity contribution in [2.24, 2.45) is 7.05 Å². The number of carbonyl (C=O) groups is 3. The van der Waals surface area contributed by atoms with Crippen molar-refractivity contribution < 1.29 is 32.7 Å². The average Bonchev–Trinajstić information content (AvgIpc) is 3.64. The number of hydrogen-bond donors (Lipinski definition) is 3. The molecule has 0 unspecified atom stereocenters. The lowest BCUT2D eigenvalue weighted by molar-refractivity contribution is -0.138. The van der Waals surface area contributed by atoms with Gasteiger partial charge in [-0.25, -0.2) is 4.79 Å². The summed E-state index contributed by atoms with van der Waals surface area (Å²) in [5, 5.41) is 15.3. The molecule has 2 aromatic heterocycles. The summed E-state index contributed by atoms with van der Waals surface area (Å²) in [5.41, 5.74) is 1.52. The van der Waals surface area contributed by atoms with Gasteiger partial charge in [0.2, 0.25) is 5.91 Å². The number of rotatable bonds is 8. The molecule has 0 radical (unpaired) electrons. The van der Waals surface area contributed by atoms with Gasteiger partial charge in [-0.15, -0.1) is 0 Å². The maximum Gasteiger partial charge on any atom is 0.417 e. The highest BCUT2D eigenvalue weighted by atomic mass is 19.4. The van der Waals surface area contributed by atoms with E-state index < -0.39 is 35.1 Å². The lowest BCUT2D eigenvalue weighted by Crippen LogP contribution is -2.61. The third-order valence-corrected chi connectivity index (χ3v) is 9.19. The molecule has 46 heavy (non-hydrogen) atoms. The molecule has 2 saturated carbocycles. The third kappa shape index (κ3) is 5.89. The number of alkyl halides is 3. The van der Waals surface area contributed by atoms with Gasteiger partial charge in [0.15, 0.2) is 0 Å². The van der Waals surface area contributed by atoms with Crippen LogP contribution in [0, 0.1) is 0 Å². The molecule has 2 amide bonds. The highest BCUT2D eigenvalue weighted by molar-refractivity contribution is 6.06. The Kier molecular flexibility index (Phi) is 8.18. The Bertz CT molecular complexity index is 1850. The molecule has 2 aromatic carbocycles. The number of nitrogens with zero attached hydrogens (tertiary/aromatic N) is 2. The average molecular weight is 631 g/mol. The molecule has 11 heteroatoms. The molecule has 0 aliphatic heterocycles. The summed E-state index contributed by atoms with van der Waals surface area (Å²) in [5.74, 6) is -2.07. The van der Waals surface area contributed by atoms with E-state index in [-0.39, 0.29) is 11.3 Å². The largest absolute Gasteiger partial charge is 0.478 e. The van der Waals surface area contributed by atoms with Crippen LogP contribution < -0.4 is 10.6 Å². The predicted molar refractivity (Wildman–Crippen MR) is 168 cm³/mol. The van der Waals surface area contributed by atoms with Gasteiger partial charge in [-0.2, -0.15) is 13.2 Å². The minimum atomic E-state index is -4.79. The predicted octanol–water partition coefficient (Wildman–Crippen LogP) is 7.31. The molecule has 2 fully saturated rings. The summed E-state index contributed by atoms with van der Waals surface area (Å²) < 4.78 is 43.3. The van der Waals surface area contributed by atoms with Gasteiger partial charge in [-0.1, -0.05) is 31.0 Å². The first-order valence-electron chi connectivity index (χ1n) is 15.3. The van der Waals surface area contributed by atoms with Crippen molar-refractivity contribution in [1.29, 1.82) is 0 Å². The van der Waals surface area contributed by atoms with Gasteiger partial charge in [-0.3, -0.25) is 14.6 Å². The molecule has 0 atom stereocenters. The Balaban J connectivity index is 1.27. The van der Waals surface area contributed by atoms with E-state index in [1.54, 1.807) is 12.3 Å². The van der Waals surface area contributed by atoms with E-state index >= 15 is 0 Å². The van der Waals surface area contributed by atoms with Crippen molar-refractivity contribution in [3.05, 3.63) is 89.1 Å². The van der Waals surface area contributed by atoms with E-state index in [4.69, 9.17) is 5.11 Å². The molecule has 3 N–H and O–H groups in total. The van der Waals surface area contributed by atoms with Crippen LogP contribution in [0.3, 0.4) is 0 Å². The molecular formula is C35H33F3N4O4. The number of nitrogens with one attached hydrogen (secondary N) is 2. The first kappa shape index (κ1) is 31.1. The molecular weight excluding hydrogens is 597 g/mol. The summed E-state index contributed by atoms with van der Waals surface area (Å²) in [6, 6.07) is 14.5. The van der Waals surface area contributed by atoms with E-state index in [0.717, 1.165) is 66.2 Å². The number of amides is 2. The van der Waals surface area contributed by atoms with E-state index in [2.05, 4.69) is 20.2 Å². The summed E-state index contributed by atoms with van der Waals surface area (Å²) in [4.78, 5) is 42.5. The number of hydrogen-bond acceptors (Lipinski definition) is 4. The van der Waals surface area contributed by atoms with Crippen LogP contribution in [0.25, 0.3) is 28.4 Å². The number of carboxylic acid groups (broad SMARTS) is 1. The number of carboxylic acids is 1. The fourth-order valence-electron chi connectivity index (χ4n) is 6.71. The summed E-state index contributed by atoms with van der Waals surface area (Å²) in [6.45, 7) is 0.